The van der Waals surface area contributed by atoms with Crippen LogP contribution in [0.15, 0.2) is 30.5 Å². The lowest BCUT2D eigenvalue weighted by Gasteiger charge is -2.05. The van der Waals surface area contributed by atoms with Crippen LogP contribution in [0.4, 0.5) is 0 Å². The Hall–Kier alpha value is -1.19. The van der Waals surface area contributed by atoms with Gasteiger partial charge in [-0.2, -0.15) is 0 Å². The Morgan fingerprint density at radius 1 is 1.26 bits per heavy atom. The molecule has 19 heavy (non-hydrogen) atoms. The molecule has 3 rings (SSSR count). The molecule has 100 valence electrons. The number of rotatable bonds is 4. The first kappa shape index (κ1) is 12.8. The SMILES string of the molecule is CC(C)NCc1cnc(C2Cc3ccccc3C2)s1. The topological polar surface area (TPSA) is 24.9 Å². The maximum Gasteiger partial charge on any atom is 0.0965 e. The summed E-state index contributed by atoms with van der Waals surface area (Å²) in [4.78, 5) is 5.98. The summed E-state index contributed by atoms with van der Waals surface area (Å²) in [6, 6.07) is 9.32. The van der Waals surface area contributed by atoms with Crippen molar-refractivity contribution in [1.29, 1.82) is 0 Å². The van der Waals surface area contributed by atoms with Crippen molar-refractivity contribution in [3.63, 3.8) is 0 Å². The molecule has 1 N–H and O–H groups in total. The summed E-state index contributed by atoms with van der Waals surface area (Å²) in [5, 5.41) is 4.76. The van der Waals surface area contributed by atoms with E-state index in [0.717, 1.165) is 19.4 Å². The van der Waals surface area contributed by atoms with E-state index >= 15 is 0 Å². The third-order valence-corrected chi connectivity index (χ3v) is 4.82. The van der Waals surface area contributed by atoms with Crippen LogP contribution in [0, 0.1) is 0 Å². The van der Waals surface area contributed by atoms with E-state index < -0.39 is 0 Å². The summed E-state index contributed by atoms with van der Waals surface area (Å²) in [6.45, 7) is 5.29. The fourth-order valence-corrected chi connectivity index (χ4v) is 3.60. The molecule has 0 unspecified atom stereocenters. The summed E-state index contributed by atoms with van der Waals surface area (Å²) in [6.07, 6.45) is 4.35. The minimum Gasteiger partial charge on any atom is -0.310 e. The molecule has 1 aliphatic rings. The quantitative estimate of drug-likeness (QED) is 0.921. The first-order chi connectivity index (χ1) is 9.22. The van der Waals surface area contributed by atoms with Crippen molar-refractivity contribution < 1.29 is 0 Å². The largest absolute Gasteiger partial charge is 0.310 e. The van der Waals surface area contributed by atoms with Crippen LogP contribution in [0.5, 0.6) is 0 Å². The van der Waals surface area contributed by atoms with Crippen molar-refractivity contribution in [2.75, 3.05) is 0 Å². The van der Waals surface area contributed by atoms with Crippen LogP contribution in [0.3, 0.4) is 0 Å². The van der Waals surface area contributed by atoms with E-state index in [0.29, 0.717) is 12.0 Å². The monoisotopic (exact) mass is 272 g/mol. The van der Waals surface area contributed by atoms with Gasteiger partial charge in [0.2, 0.25) is 0 Å². The minimum atomic E-state index is 0.529. The third kappa shape index (κ3) is 2.88. The van der Waals surface area contributed by atoms with Gasteiger partial charge in [-0.15, -0.1) is 11.3 Å². The van der Waals surface area contributed by atoms with Crippen LogP contribution in [0.2, 0.25) is 0 Å². The number of benzene rings is 1. The molecule has 2 nitrogen and oxygen atoms in total. The lowest BCUT2D eigenvalue weighted by molar-refractivity contribution is 0.593. The first-order valence-corrected chi connectivity index (χ1v) is 7.79. The van der Waals surface area contributed by atoms with Crippen LogP contribution >= 0.6 is 11.3 Å². The highest BCUT2D eigenvalue weighted by molar-refractivity contribution is 7.11. The second-order valence-corrected chi connectivity index (χ2v) is 6.72. The Balaban J connectivity index is 1.68. The van der Waals surface area contributed by atoms with Gasteiger partial charge in [0.05, 0.1) is 5.01 Å². The van der Waals surface area contributed by atoms with Gasteiger partial charge in [0.25, 0.3) is 0 Å². The maximum atomic E-state index is 4.64. The molecule has 1 aromatic carbocycles. The second kappa shape index (κ2) is 5.43. The molecule has 0 bridgehead atoms. The van der Waals surface area contributed by atoms with Crippen molar-refractivity contribution >= 4 is 11.3 Å². The molecule has 0 spiro atoms. The third-order valence-electron chi connectivity index (χ3n) is 3.66. The highest BCUT2D eigenvalue weighted by Gasteiger charge is 2.24. The molecule has 0 aliphatic heterocycles. The average molecular weight is 272 g/mol. The Labute approximate surface area is 118 Å². The smallest absolute Gasteiger partial charge is 0.0965 e. The van der Waals surface area contributed by atoms with Gasteiger partial charge in [0, 0.05) is 29.6 Å². The molecular formula is C16H20N2S. The van der Waals surface area contributed by atoms with E-state index in [4.69, 9.17) is 0 Å². The van der Waals surface area contributed by atoms with Crippen molar-refractivity contribution in [2.45, 2.75) is 45.2 Å². The molecule has 0 saturated heterocycles. The number of aromatic nitrogens is 1. The molecule has 3 heteroatoms. The van der Waals surface area contributed by atoms with Gasteiger partial charge < -0.3 is 5.32 Å². The predicted molar refractivity (Wildman–Crippen MR) is 80.7 cm³/mol. The van der Waals surface area contributed by atoms with Crippen molar-refractivity contribution in [3.8, 4) is 0 Å². The summed E-state index contributed by atoms with van der Waals surface area (Å²) in [5.41, 5.74) is 3.01. The second-order valence-electron chi connectivity index (χ2n) is 5.57. The van der Waals surface area contributed by atoms with Gasteiger partial charge in [0.15, 0.2) is 0 Å². The molecule has 0 amide bonds. The molecular weight excluding hydrogens is 252 g/mol. The molecule has 0 atom stereocenters. The predicted octanol–water partition coefficient (Wildman–Crippen LogP) is 3.52. The molecule has 1 aromatic heterocycles. The van der Waals surface area contributed by atoms with Crippen molar-refractivity contribution in [1.82, 2.24) is 10.3 Å². The Morgan fingerprint density at radius 2 is 1.95 bits per heavy atom. The van der Waals surface area contributed by atoms with E-state index in [1.165, 1.54) is 21.0 Å². The van der Waals surface area contributed by atoms with Gasteiger partial charge in [-0.25, -0.2) is 4.98 Å². The maximum absolute atomic E-state index is 4.64. The number of hydrogen-bond donors (Lipinski definition) is 1. The van der Waals surface area contributed by atoms with Gasteiger partial charge in [0.1, 0.15) is 0 Å². The van der Waals surface area contributed by atoms with Gasteiger partial charge in [-0.3, -0.25) is 0 Å². The van der Waals surface area contributed by atoms with Gasteiger partial charge >= 0.3 is 0 Å². The summed E-state index contributed by atoms with van der Waals surface area (Å²) >= 11 is 1.87. The normalized spacial score (nSPS) is 15.1. The van der Waals surface area contributed by atoms with Crippen LogP contribution in [0.1, 0.15) is 40.8 Å². The number of nitrogens with zero attached hydrogens (tertiary/aromatic N) is 1. The molecule has 2 aromatic rings. The number of fused-ring (bicyclic) bond motifs is 1. The van der Waals surface area contributed by atoms with Crippen molar-refractivity contribution in [2.24, 2.45) is 0 Å². The lowest BCUT2D eigenvalue weighted by atomic mass is 10.1. The van der Waals surface area contributed by atoms with Gasteiger partial charge in [-0.05, 0) is 24.0 Å². The fraction of sp³-hybridized carbons (Fsp3) is 0.438. The van der Waals surface area contributed by atoms with Crippen LogP contribution in [0.25, 0.3) is 0 Å². The molecule has 0 saturated carbocycles. The Bertz CT molecular complexity index is 534. The average Bonchev–Trinajstić information content (AvgIpc) is 3.02. The summed E-state index contributed by atoms with van der Waals surface area (Å²) in [5.74, 6) is 0.593. The van der Waals surface area contributed by atoms with Crippen molar-refractivity contribution in [3.05, 3.63) is 51.5 Å². The highest BCUT2D eigenvalue weighted by atomic mass is 32.1. The zero-order chi connectivity index (χ0) is 13.2. The lowest BCUT2D eigenvalue weighted by Crippen LogP contribution is -2.21. The van der Waals surface area contributed by atoms with E-state index in [1.54, 1.807) is 0 Å². The molecule has 0 radical (unpaired) electrons. The minimum absolute atomic E-state index is 0.529. The molecule has 0 fully saturated rings. The summed E-state index contributed by atoms with van der Waals surface area (Å²) < 4.78 is 0. The van der Waals surface area contributed by atoms with Crippen LogP contribution in [-0.4, -0.2) is 11.0 Å². The standard InChI is InChI=1S/C16H20N2S/c1-11(2)17-9-15-10-18-16(19-15)14-7-12-5-3-4-6-13(12)8-14/h3-6,10-11,14,17H,7-9H2,1-2H3. The number of thiazole rings is 1. The van der Waals surface area contributed by atoms with Gasteiger partial charge in [-0.1, -0.05) is 38.1 Å². The number of nitrogens with one attached hydrogen (secondary N) is 1. The Morgan fingerprint density at radius 3 is 2.58 bits per heavy atom. The number of hydrogen-bond acceptors (Lipinski definition) is 3. The fourth-order valence-electron chi connectivity index (χ4n) is 2.63. The summed E-state index contributed by atoms with van der Waals surface area (Å²) in [7, 11) is 0. The van der Waals surface area contributed by atoms with E-state index in [2.05, 4.69) is 48.4 Å². The zero-order valence-corrected chi connectivity index (χ0v) is 12.3. The highest BCUT2D eigenvalue weighted by Crippen LogP contribution is 2.35. The molecule has 1 heterocycles. The van der Waals surface area contributed by atoms with E-state index in [-0.39, 0.29) is 0 Å². The van der Waals surface area contributed by atoms with Crippen LogP contribution in [-0.2, 0) is 19.4 Å². The Kier molecular flexibility index (Phi) is 3.67. The first-order valence-electron chi connectivity index (χ1n) is 6.97. The zero-order valence-electron chi connectivity index (χ0n) is 11.5. The molecule has 1 aliphatic carbocycles. The van der Waals surface area contributed by atoms with Crippen LogP contribution < -0.4 is 5.32 Å². The van der Waals surface area contributed by atoms with E-state index in [9.17, 15) is 0 Å². The van der Waals surface area contributed by atoms with E-state index in [1.807, 2.05) is 17.5 Å².